The summed E-state index contributed by atoms with van der Waals surface area (Å²) in [4.78, 5) is 5.69. The molecule has 2 aromatic rings. The first-order valence-corrected chi connectivity index (χ1v) is 8.14. The Morgan fingerprint density at radius 1 is 1.19 bits per heavy atom. The number of nitriles is 1. The fraction of sp³-hybridized carbons (Fsp3) is 0.412. The van der Waals surface area contributed by atoms with E-state index in [1.807, 2.05) is 12.1 Å². The zero-order valence-electron chi connectivity index (χ0n) is 12.6. The highest BCUT2D eigenvalue weighted by Crippen LogP contribution is 2.21. The quantitative estimate of drug-likeness (QED) is 0.777. The van der Waals surface area contributed by atoms with Crippen molar-refractivity contribution in [1.29, 1.82) is 5.26 Å². The Bertz CT molecular complexity index is 611. The lowest BCUT2D eigenvalue weighted by molar-refractivity contribution is 0.321. The standard InChI is InChI=1S/C17H20N2OS/c1-3-13-5-7-14(8-6-13)20-12-10-17-19-15(4-2)16(21-17)9-11-18/h5-8H,3-4,9-10,12H2,1-2H3. The molecule has 110 valence electrons. The zero-order valence-corrected chi connectivity index (χ0v) is 13.4. The summed E-state index contributed by atoms with van der Waals surface area (Å²) in [5.41, 5.74) is 2.37. The van der Waals surface area contributed by atoms with Gasteiger partial charge in [-0.25, -0.2) is 4.98 Å². The molecule has 2 rings (SSSR count). The molecule has 0 aliphatic carbocycles. The van der Waals surface area contributed by atoms with Gasteiger partial charge in [0.2, 0.25) is 0 Å². The molecule has 1 heterocycles. The maximum atomic E-state index is 8.82. The topological polar surface area (TPSA) is 45.9 Å². The Morgan fingerprint density at radius 3 is 2.57 bits per heavy atom. The minimum Gasteiger partial charge on any atom is -0.493 e. The van der Waals surface area contributed by atoms with Gasteiger partial charge in [-0.15, -0.1) is 11.3 Å². The van der Waals surface area contributed by atoms with E-state index in [0.717, 1.165) is 40.6 Å². The molecular weight excluding hydrogens is 280 g/mol. The summed E-state index contributed by atoms with van der Waals surface area (Å²) in [6, 6.07) is 10.4. The highest BCUT2D eigenvalue weighted by molar-refractivity contribution is 7.11. The van der Waals surface area contributed by atoms with Gasteiger partial charge in [0.15, 0.2) is 0 Å². The van der Waals surface area contributed by atoms with E-state index in [-0.39, 0.29) is 0 Å². The molecule has 0 radical (unpaired) electrons. The highest BCUT2D eigenvalue weighted by Gasteiger charge is 2.09. The molecule has 1 aromatic carbocycles. The summed E-state index contributed by atoms with van der Waals surface area (Å²) in [7, 11) is 0. The van der Waals surface area contributed by atoms with Crippen LogP contribution in [-0.4, -0.2) is 11.6 Å². The number of thiazole rings is 1. The van der Waals surface area contributed by atoms with E-state index in [2.05, 4.69) is 37.0 Å². The van der Waals surface area contributed by atoms with Crippen LogP contribution in [0.2, 0.25) is 0 Å². The molecule has 0 atom stereocenters. The van der Waals surface area contributed by atoms with Gasteiger partial charge >= 0.3 is 0 Å². The van der Waals surface area contributed by atoms with Crippen LogP contribution >= 0.6 is 11.3 Å². The molecule has 1 aromatic heterocycles. The molecule has 0 aliphatic heterocycles. The van der Waals surface area contributed by atoms with Crippen molar-refractivity contribution in [1.82, 2.24) is 4.98 Å². The fourth-order valence-electron chi connectivity index (χ4n) is 2.11. The largest absolute Gasteiger partial charge is 0.493 e. The molecule has 3 nitrogen and oxygen atoms in total. The lowest BCUT2D eigenvalue weighted by atomic mass is 10.2. The van der Waals surface area contributed by atoms with Crippen molar-refractivity contribution in [2.45, 2.75) is 39.5 Å². The second-order valence-corrected chi connectivity index (χ2v) is 5.93. The number of aryl methyl sites for hydroxylation is 2. The van der Waals surface area contributed by atoms with Crippen LogP contribution in [-0.2, 0) is 25.7 Å². The van der Waals surface area contributed by atoms with E-state index in [1.54, 1.807) is 11.3 Å². The number of rotatable bonds is 7. The summed E-state index contributed by atoms with van der Waals surface area (Å²) < 4.78 is 5.75. The van der Waals surface area contributed by atoms with Gasteiger partial charge in [-0.05, 0) is 30.5 Å². The smallest absolute Gasteiger partial charge is 0.119 e. The molecule has 4 heteroatoms. The third-order valence-electron chi connectivity index (χ3n) is 3.31. The van der Waals surface area contributed by atoms with Crippen molar-refractivity contribution in [2.24, 2.45) is 0 Å². The number of benzene rings is 1. The summed E-state index contributed by atoms with van der Waals surface area (Å²) in [6.45, 7) is 4.84. The molecule has 21 heavy (non-hydrogen) atoms. The lowest BCUT2D eigenvalue weighted by Gasteiger charge is -2.05. The summed E-state index contributed by atoms with van der Waals surface area (Å²) in [6.07, 6.45) is 3.17. The van der Waals surface area contributed by atoms with Crippen LogP contribution in [0.5, 0.6) is 5.75 Å². The van der Waals surface area contributed by atoms with Gasteiger partial charge in [0.1, 0.15) is 5.75 Å². The minimum absolute atomic E-state index is 0.459. The zero-order chi connectivity index (χ0) is 15.1. The first-order chi connectivity index (χ1) is 10.3. The number of nitrogens with zero attached hydrogens (tertiary/aromatic N) is 2. The van der Waals surface area contributed by atoms with Crippen molar-refractivity contribution in [3.8, 4) is 11.8 Å². The molecule has 0 bridgehead atoms. The Hall–Kier alpha value is -1.86. The Labute approximate surface area is 130 Å². The fourth-order valence-corrected chi connectivity index (χ4v) is 3.18. The van der Waals surface area contributed by atoms with Gasteiger partial charge in [-0.2, -0.15) is 5.26 Å². The second kappa shape index (κ2) is 7.80. The van der Waals surface area contributed by atoms with Crippen LogP contribution in [0.15, 0.2) is 24.3 Å². The average Bonchev–Trinajstić information content (AvgIpc) is 2.90. The van der Waals surface area contributed by atoms with Gasteiger partial charge in [-0.3, -0.25) is 0 Å². The van der Waals surface area contributed by atoms with Gasteiger partial charge in [0, 0.05) is 11.3 Å². The summed E-state index contributed by atoms with van der Waals surface area (Å²) in [5, 5.41) is 9.88. The van der Waals surface area contributed by atoms with E-state index in [4.69, 9.17) is 10.00 Å². The van der Waals surface area contributed by atoms with Crippen LogP contribution in [0.1, 0.15) is 35.0 Å². The molecule has 0 fully saturated rings. The third-order valence-corrected chi connectivity index (χ3v) is 4.47. The van der Waals surface area contributed by atoms with Crippen molar-refractivity contribution < 1.29 is 4.74 Å². The maximum Gasteiger partial charge on any atom is 0.119 e. The van der Waals surface area contributed by atoms with Crippen LogP contribution in [0.25, 0.3) is 0 Å². The number of hydrogen-bond donors (Lipinski definition) is 0. The monoisotopic (exact) mass is 300 g/mol. The van der Waals surface area contributed by atoms with Gasteiger partial charge < -0.3 is 4.74 Å². The van der Waals surface area contributed by atoms with Crippen LogP contribution < -0.4 is 4.74 Å². The molecule has 0 spiro atoms. The molecule has 0 aliphatic rings. The first kappa shape index (κ1) is 15.5. The van der Waals surface area contributed by atoms with Crippen LogP contribution in [0.4, 0.5) is 0 Å². The third kappa shape index (κ3) is 4.30. The summed E-state index contributed by atoms with van der Waals surface area (Å²) in [5.74, 6) is 0.900. The van der Waals surface area contributed by atoms with Gasteiger partial charge in [-0.1, -0.05) is 26.0 Å². The highest BCUT2D eigenvalue weighted by atomic mass is 32.1. The van der Waals surface area contributed by atoms with E-state index in [9.17, 15) is 0 Å². The predicted octanol–water partition coefficient (Wildman–Crippen LogP) is 3.96. The van der Waals surface area contributed by atoms with Crippen molar-refractivity contribution in [3.05, 3.63) is 45.4 Å². The number of ether oxygens (including phenoxy) is 1. The molecule has 0 saturated heterocycles. The second-order valence-electron chi connectivity index (χ2n) is 4.76. The van der Waals surface area contributed by atoms with Gasteiger partial charge in [0.25, 0.3) is 0 Å². The van der Waals surface area contributed by atoms with Crippen molar-refractivity contribution >= 4 is 11.3 Å². The normalized spacial score (nSPS) is 10.3. The van der Waals surface area contributed by atoms with Crippen LogP contribution in [0, 0.1) is 11.3 Å². The van der Waals surface area contributed by atoms with Crippen LogP contribution in [0.3, 0.4) is 0 Å². The van der Waals surface area contributed by atoms with E-state index >= 15 is 0 Å². The van der Waals surface area contributed by atoms with E-state index < -0.39 is 0 Å². The Balaban J connectivity index is 1.89. The Kier molecular flexibility index (Phi) is 5.77. The van der Waals surface area contributed by atoms with Crippen molar-refractivity contribution in [2.75, 3.05) is 6.61 Å². The molecule has 0 unspecified atom stereocenters. The lowest BCUT2D eigenvalue weighted by Crippen LogP contribution is -2.01. The minimum atomic E-state index is 0.459. The number of aromatic nitrogens is 1. The summed E-state index contributed by atoms with van der Waals surface area (Å²) >= 11 is 1.64. The Morgan fingerprint density at radius 2 is 1.95 bits per heavy atom. The molecule has 0 saturated carbocycles. The van der Waals surface area contributed by atoms with Crippen molar-refractivity contribution in [3.63, 3.8) is 0 Å². The SMILES string of the molecule is CCc1ccc(OCCc2nc(CC)c(CC#N)s2)cc1. The van der Waals surface area contributed by atoms with E-state index in [0.29, 0.717) is 13.0 Å². The predicted molar refractivity (Wildman–Crippen MR) is 85.8 cm³/mol. The molecular formula is C17H20N2OS. The average molecular weight is 300 g/mol. The first-order valence-electron chi connectivity index (χ1n) is 7.33. The maximum absolute atomic E-state index is 8.82. The molecule has 0 amide bonds. The number of hydrogen-bond acceptors (Lipinski definition) is 4. The molecule has 0 N–H and O–H groups in total. The van der Waals surface area contributed by atoms with E-state index in [1.165, 1.54) is 5.56 Å². The van der Waals surface area contributed by atoms with Gasteiger partial charge in [0.05, 0.1) is 29.8 Å².